The molecule has 0 aromatic heterocycles. The monoisotopic (exact) mass is 515 g/mol. The Labute approximate surface area is 158 Å². The van der Waals surface area contributed by atoms with Gasteiger partial charge in [-0.1, -0.05) is 78.8 Å². The van der Waals surface area contributed by atoms with Crippen LogP contribution in [0.15, 0.2) is 0 Å². The number of rotatable bonds is 4. The lowest BCUT2D eigenvalue weighted by Crippen LogP contribution is -2.57. The molecule has 0 bridgehead atoms. The largest absolute Gasteiger partial charge is 0.313 e. The summed E-state index contributed by atoms with van der Waals surface area (Å²) in [5, 5.41) is 8.06. The van der Waals surface area contributed by atoms with Gasteiger partial charge in [-0.15, -0.1) is 0 Å². The topological polar surface area (TPSA) is 23.9 Å². The molecule has 0 amide bonds. The molecule has 2 saturated carbocycles. The van der Waals surface area contributed by atoms with E-state index in [-0.39, 0.29) is 5.41 Å². The first kappa shape index (κ1) is 18.5. The Morgan fingerprint density at radius 2 is 1.81 bits per heavy atom. The van der Waals surface area contributed by atoms with Gasteiger partial charge in [0.05, 0.1) is 0 Å². The zero-order valence-electron chi connectivity index (χ0n) is 13.9. The van der Waals surface area contributed by atoms with Gasteiger partial charge in [0, 0.05) is 19.5 Å². The highest BCUT2D eigenvalue weighted by atomic mass is 127. The summed E-state index contributed by atoms with van der Waals surface area (Å²) >= 11 is 5.52. The van der Waals surface area contributed by atoms with Gasteiger partial charge in [0.2, 0.25) is 0 Å². The van der Waals surface area contributed by atoms with Crippen molar-refractivity contribution < 1.29 is 0 Å². The van der Waals surface area contributed by atoms with E-state index in [0.29, 0.717) is 8.84 Å². The number of halogens is 2. The molecule has 1 N–H and O–H groups in total. The van der Waals surface area contributed by atoms with Crippen LogP contribution in [0.2, 0.25) is 0 Å². The van der Waals surface area contributed by atoms with E-state index in [4.69, 9.17) is 5.41 Å². The van der Waals surface area contributed by atoms with Gasteiger partial charge in [0.1, 0.15) is 0 Å². The van der Waals surface area contributed by atoms with E-state index in [0.717, 1.165) is 11.8 Å². The summed E-state index contributed by atoms with van der Waals surface area (Å²) in [6.07, 6.45) is 12.4. The minimum absolute atomic E-state index is 0.151. The van der Waals surface area contributed by atoms with Crippen LogP contribution in [-0.4, -0.2) is 14.1 Å². The summed E-state index contributed by atoms with van der Waals surface area (Å²) in [5.41, 5.74) is 0.662. The Kier molecular flexibility index (Phi) is 6.10. The SMILES string of the molecule is CCC1(CI)CCC2C(CCCC[C@@]2(C)C=N)C1(I)CC. The first-order valence-electron chi connectivity index (χ1n) is 8.69. The van der Waals surface area contributed by atoms with Gasteiger partial charge < -0.3 is 5.41 Å². The molecular formula is C18H31I2N. The van der Waals surface area contributed by atoms with Gasteiger partial charge in [-0.25, -0.2) is 0 Å². The second kappa shape index (κ2) is 6.94. The van der Waals surface area contributed by atoms with Crippen molar-refractivity contribution in [3.05, 3.63) is 0 Å². The molecule has 2 aliphatic carbocycles. The molecular weight excluding hydrogens is 484 g/mol. The fourth-order valence-electron chi connectivity index (χ4n) is 5.39. The van der Waals surface area contributed by atoms with Crippen molar-refractivity contribution >= 4 is 51.4 Å². The van der Waals surface area contributed by atoms with Crippen molar-refractivity contribution in [3.63, 3.8) is 0 Å². The van der Waals surface area contributed by atoms with Crippen molar-refractivity contribution in [1.82, 2.24) is 0 Å². The van der Waals surface area contributed by atoms with Crippen LogP contribution in [0, 0.1) is 28.1 Å². The number of nitrogens with one attached hydrogen (secondary N) is 1. The van der Waals surface area contributed by atoms with Gasteiger partial charge in [0.25, 0.3) is 0 Å². The zero-order chi connectivity index (χ0) is 15.7. The van der Waals surface area contributed by atoms with Crippen molar-refractivity contribution in [2.75, 3.05) is 4.43 Å². The summed E-state index contributed by atoms with van der Waals surface area (Å²) in [5.74, 6) is 1.54. The summed E-state index contributed by atoms with van der Waals surface area (Å²) in [4.78, 5) is 0. The third kappa shape index (κ3) is 2.85. The molecule has 2 rings (SSSR count). The molecule has 0 heterocycles. The van der Waals surface area contributed by atoms with E-state index in [1.165, 1.54) is 55.8 Å². The number of hydrogen-bond donors (Lipinski definition) is 1. The molecule has 0 radical (unpaired) electrons. The first-order chi connectivity index (χ1) is 9.93. The maximum atomic E-state index is 8.06. The molecule has 3 heteroatoms. The number of alkyl halides is 2. The highest BCUT2D eigenvalue weighted by Gasteiger charge is 2.59. The summed E-state index contributed by atoms with van der Waals surface area (Å²) in [6, 6.07) is 0. The van der Waals surface area contributed by atoms with E-state index in [1.807, 2.05) is 6.21 Å². The van der Waals surface area contributed by atoms with Gasteiger partial charge in [0.15, 0.2) is 0 Å². The zero-order valence-corrected chi connectivity index (χ0v) is 18.2. The summed E-state index contributed by atoms with van der Waals surface area (Å²) in [7, 11) is 0. The Bertz CT molecular complexity index is 379. The predicted molar refractivity (Wildman–Crippen MR) is 110 cm³/mol. The van der Waals surface area contributed by atoms with Crippen LogP contribution in [0.3, 0.4) is 0 Å². The van der Waals surface area contributed by atoms with Crippen LogP contribution >= 0.6 is 45.2 Å². The van der Waals surface area contributed by atoms with Crippen LogP contribution in [0.25, 0.3) is 0 Å². The van der Waals surface area contributed by atoms with Crippen molar-refractivity contribution in [2.24, 2.45) is 22.7 Å². The second-order valence-corrected chi connectivity index (χ2v) is 10.3. The lowest BCUT2D eigenvalue weighted by Gasteiger charge is -2.59. The Morgan fingerprint density at radius 1 is 1.10 bits per heavy atom. The van der Waals surface area contributed by atoms with E-state index >= 15 is 0 Å². The minimum atomic E-state index is 0.151. The molecule has 0 saturated heterocycles. The molecule has 4 unspecified atom stereocenters. The van der Waals surface area contributed by atoms with Crippen LogP contribution < -0.4 is 0 Å². The van der Waals surface area contributed by atoms with Gasteiger partial charge >= 0.3 is 0 Å². The normalized spacial score (nSPS) is 47.5. The molecule has 0 aromatic rings. The van der Waals surface area contributed by atoms with Gasteiger partial charge in [-0.3, -0.25) is 0 Å². The Morgan fingerprint density at radius 3 is 2.33 bits per heavy atom. The third-order valence-electron chi connectivity index (χ3n) is 6.99. The van der Waals surface area contributed by atoms with E-state index in [9.17, 15) is 0 Å². The smallest absolute Gasteiger partial charge is 0.0314 e. The average Bonchev–Trinajstić information content (AvgIpc) is 2.69. The molecule has 21 heavy (non-hydrogen) atoms. The van der Waals surface area contributed by atoms with Gasteiger partial charge in [-0.05, 0) is 55.8 Å². The van der Waals surface area contributed by atoms with Crippen LogP contribution in [0.4, 0.5) is 0 Å². The molecule has 5 atom stereocenters. The standard InChI is InChI=1S/C18H31I2N/c1-4-17(12-19)11-9-14-15(18(17,20)5-2)8-6-7-10-16(14,3)13-21/h13-15,21H,4-12H2,1-3H3/t14?,15?,16-,17?,18?/m0/s1. The molecule has 2 fully saturated rings. The molecule has 0 aromatic carbocycles. The van der Waals surface area contributed by atoms with Crippen LogP contribution in [0.1, 0.15) is 72.1 Å². The van der Waals surface area contributed by atoms with Gasteiger partial charge in [-0.2, -0.15) is 0 Å². The van der Waals surface area contributed by atoms with Crippen molar-refractivity contribution in [2.45, 2.75) is 75.6 Å². The summed E-state index contributed by atoms with van der Waals surface area (Å²) in [6.45, 7) is 7.20. The second-order valence-electron chi connectivity index (χ2n) is 7.63. The highest BCUT2D eigenvalue weighted by molar-refractivity contribution is 14.1. The molecule has 0 aliphatic heterocycles. The fourth-order valence-corrected chi connectivity index (χ4v) is 9.31. The fraction of sp³-hybridized carbons (Fsp3) is 0.944. The minimum Gasteiger partial charge on any atom is -0.313 e. The first-order valence-corrected chi connectivity index (χ1v) is 11.3. The van der Waals surface area contributed by atoms with Crippen molar-refractivity contribution in [1.29, 1.82) is 5.41 Å². The highest BCUT2D eigenvalue weighted by Crippen LogP contribution is 2.64. The van der Waals surface area contributed by atoms with Crippen molar-refractivity contribution in [3.8, 4) is 0 Å². The Balaban J connectivity index is 2.46. The molecule has 1 nitrogen and oxygen atoms in total. The number of fused-ring (bicyclic) bond motifs is 1. The third-order valence-corrected chi connectivity index (χ3v) is 11.2. The average molecular weight is 515 g/mol. The lowest BCUT2D eigenvalue weighted by molar-refractivity contribution is 0.0177. The number of hydrogen-bond acceptors (Lipinski definition) is 1. The molecule has 122 valence electrons. The van der Waals surface area contributed by atoms with E-state index in [2.05, 4.69) is 66.0 Å². The lowest BCUT2D eigenvalue weighted by atomic mass is 9.52. The Hall–Kier alpha value is 1.13. The molecule has 2 aliphatic rings. The van der Waals surface area contributed by atoms with Crippen LogP contribution in [0.5, 0.6) is 0 Å². The molecule has 0 spiro atoms. The predicted octanol–water partition coefficient (Wildman–Crippen LogP) is 6.66. The summed E-state index contributed by atoms with van der Waals surface area (Å²) < 4.78 is 1.72. The van der Waals surface area contributed by atoms with E-state index in [1.54, 1.807) is 0 Å². The maximum Gasteiger partial charge on any atom is 0.0314 e. The quantitative estimate of drug-likeness (QED) is 0.246. The maximum absolute atomic E-state index is 8.06. The van der Waals surface area contributed by atoms with Crippen LogP contribution in [-0.2, 0) is 0 Å². The van der Waals surface area contributed by atoms with E-state index < -0.39 is 0 Å².